The molecule has 21 heavy (non-hydrogen) atoms. The highest BCUT2D eigenvalue weighted by atomic mass is 16.5. The fourth-order valence-corrected chi connectivity index (χ4v) is 1.99. The average Bonchev–Trinajstić information content (AvgIpc) is 2.48. The van der Waals surface area contributed by atoms with E-state index >= 15 is 0 Å². The zero-order valence-corrected chi connectivity index (χ0v) is 12.1. The van der Waals surface area contributed by atoms with Gasteiger partial charge in [0.1, 0.15) is 0 Å². The number of hydrogen-bond acceptors (Lipinski definition) is 4. The normalized spacial score (nSPS) is 10.0. The van der Waals surface area contributed by atoms with Gasteiger partial charge >= 0.3 is 5.97 Å². The average molecular weight is 283 g/mol. The molecular formula is C17H17NO3. The maximum Gasteiger partial charge on any atom is 0.338 e. The highest BCUT2D eigenvalue weighted by molar-refractivity contribution is 6.00. The second-order valence-electron chi connectivity index (χ2n) is 4.53. The van der Waals surface area contributed by atoms with Gasteiger partial charge in [0.15, 0.2) is 5.78 Å². The van der Waals surface area contributed by atoms with E-state index in [2.05, 4.69) is 5.32 Å². The summed E-state index contributed by atoms with van der Waals surface area (Å²) in [6.45, 7) is 3.63. The molecule has 4 heteroatoms. The molecule has 0 radical (unpaired) electrons. The lowest BCUT2D eigenvalue weighted by Gasteiger charge is -2.11. The number of ketones is 1. The highest BCUT2D eigenvalue weighted by Crippen LogP contribution is 2.22. The summed E-state index contributed by atoms with van der Waals surface area (Å²) < 4.78 is 4.97. The van der Waals surface area contributed by atoms with E-state index in [9.17, 15) is 9.59 Å². The van der Waals surface area contributed by atoms with Gasteiger partial charge in [0.2, 0.25) is 0 Å². The fourth-order valence-electron chi connectivity index (χ4n) is 1.99. The van der Waals surface area contributed by atoms with Crippen molar-refractivity contribution in [3.05, 3.63) is 59.7 Å². The third kappa shape index (κ3) is 3.69. The van der Waals surface area contributed by atoms with E-state index in [4.69, 9.17) is 4.74 Å². The van der Waals surface area contributed by atoms with Crippen molar-refractivity contribution >= 4 is 23.1 Å². The van der Waals surface area contributed by atoms with Crippen LogP contribution in [0.3, 0.4) is 0 Å². The quantitative estimate of drug-likeness (QED) is 0.669. The predicted octanol–water partition coefficient (Wildman–Crippen LogP) is 3.81. The Morgan fingerprint density at radius 3 is 2.57 bits per heavy atom. The number of carbonyl (C=O) groups excluding carboxylic acids is 2. The Kier molecular flexibility index (Phi) is 4.72. The van der Waals surface area contributed by atoms with Crippen molar-refractivity contribution in [3.8, 4) is 0 Å². The van der Waals surface area contributed by atoms with Crippen LogP contribution >= 0.6 is 0 Å². The number of anilines is 2. The molecule has 2 aromatic carbocycles. The molecule has 0 amide bonds. The third-order valence-corrected chi connectivity index (χ3v) is 2.96. The number of ether oxygens (including phenoxy) is 1. The van der Waals surface area contributed by atoms with Crippen molar-refractivity contribution in [2.24, 2.45) is 0 Å². The smallest absolute Gasteiger partial charge is 0.338 e. The van der Waals surface area contributed by atoms with Crippen molar-refractivity contribution in [1.29, 1.82) is 0 Å². The Balaban J connectivity index is 2.26. The summed E-state index contributed by atoms with van der Waals surface area (Å²) in [4.78, 5) is 23.3. The molecule has 0 unspecified atom stereocenters. The second-order valence-corrected chi connectivity index (χ2v) is 4.53. The van der Waals surface area contributed by atoms with E-state index in [1.807, 2.05) is 24.3 Å². The van der Waals surface area contributed by atoms with Crippen molar-refractivity contribution in [2.45, 2.75) is 13.8 Å². The van der Waals surface area contributed by atoms with E-state index in [1.165, 1.54) is 6.92 Å². The molecule has 1 N–H and O–H groups in total. The Morgan fingerprint density at radius 1 is 1.10 bits per heavy atom. The summed E-state index contributed by atoms with van der Waals surface area (Å²) in [6.07, 6.45) is 0. The lowest BCUT2D eigenvalue weighted by molar-refractivity contribution is 0.0526. The number of esters is 1. The molecule has 0 aromatic heterocycles. The number of benzene rings is 2. The van der Waals surface area contributed by atoms with Gasteiger partial charge in [-0.1, -0.05) is 18.2 Å². The minimum absolute atomic E-state index is 0.0142. The highest BCUT2D eigenvalue weighted by Gasteiger charge is 2.09. The van der Waals surface area contributed by atoms with E-state index in [0.29, 0.717) is 23.4 Å². The Labute approximate surface area is 123 Å². The van der Waals surface area contributed by atoms with Crippen LogP contribution in [0, 0.1) is 0 Å². The van der Waals surface area contributed by atoms with E-state index < -0.39 is 0 Å². The Bertz CT molecular complexity index is 665. The molecule has 108 valence electrons. The van der Waals surface area contributed by atoms with Crippen molar-refractivity contribution < 1.29 is 14.3 Å². The van der Waals surface area contributed by atoms with Crippen LogP contribution in [0.1, 0.15) is 34.6 Å². The van der Waals surface area contributed by atoms with E-state index in [-0.39, 0.29) is 11.8 Å². The summed E-state index contributed by atoms with van der Waals surface area (Å²) in [5, 5.41) is 3.16. The van der Waals surface area contributed by atoms with Gasteiger partial charge in [0, 0.05) is 16.9 Å². The first kappa shape index (κ1) is 14.8. The van der Waals surface area contributed by atoms with Crippen LogP contribution in [0.5, 0.6) is 0 Å². The summed E-state index contributed by atoms with van der Waals surface area (Å²) >= 11 is 0. The van der Waals surface area contributed by atoms with E-state index in [0.717, 1.165) is 5.69 Å². The van der Waals surface area contributed by atoms with Crippen LogP contribution in [0.15, 0.2) is 48.5 Å². The van der Waals surface area contributed by atoms with Crippen LogP contribution in [0.2, 0.25) is 0 Å². The van der Waals surface area contributed by atoms with Crippen LogP contribution in [-0.4, -0.2) is 18.4 Å². The standard InChI is InChI=1S/C17H17NO3/c1-3-21-17(20)13-7-6-8-14(11-13)18-16-10-5-4-9-15(16)12(2)19/h4-11,18H,3H2,1-2H3. The minimum Gasteiger partial charge on any atom is -0.462 e. The molecule has 0 saturated heterocycles. The van der Waals surface area contributed by atoms with Crippen molar-refractivity contribution in [1.82, 2.24) is 0 Å². The van der Waals surface area contributed by atoms with Gasteiger partial charge in [-0.15, -0.1) is 0 Å². The maximum atomic E-state index is 11.7. The first-order valence-electron chi connectivity index (χ1n) is 6.76. The van der Waals surface area contributed by atoms with Gasteiger partial charge in [-0.3, -0.25) is 4.79 Å². The summed E-state index contributed by atoms with van der Waals surface area (Å²) in [5.41, 5.74) is 2.53. The molecule has 0 aliphatic heterocycles. The number of carbonyl (C=O) groups is 2. The predicted molar refractivity (Wildman–Crippen MR) is 82.1 cm³/mol. The SMILES string of the molecule is CCOC(=O)c1cccc(Nc2ccccc2C(C)=O)c1. The minimum atomic E-state index is -0.360. The lowest BCUT2D eigenvalue weighted by atomic mass is 10.1. The van der Waals surface area contributed by atoms with Gasteiger partial charge in [-0.25, -0.2) is 4.79 Å². The largest absolute Gasteiger partial charge is 0.462 e. The van der Waals surface area contributed by atoms with Crippen LogP contribution in [0.4, 0.5) is 11.4 Å². The van der Waals surface area contributed by atoms with Gasteiger partial charge in [0.25, 0.3) is 0 Å². The molecule has 0 heterocycles. The van der Waals surface area contributed by atoms with Gasteiger partial charge in [0.05, 0.1) is 12.2 Å². The summed E-state index contributed by atoms with van der Waals surface area (Å²) in [6, 6.07) is 14.3. The topological polar surface area (TPSA) is 55.4 Å². The zero-order valence-electron chi connectivity index (χ0n) is 12.1. The molecule has 2 aromatic rings. The molecule has 0 aliphatic carbocycles. The number of hydrogen-bond donors (Lipinski definition) is 1. The zero-order chi connectivity index (χ0) is 15.2. The number of nitrogens with one attached hydrogen (secondary N) is 1. The molecule has 2 rings (SSSR count). The molecule has 4 nitrogen and oxygen atoms in total. The van der Waals surface area contributed by atoms with Gasteiger partial charge in [-0.05, 0) is 44.2 Å². The first-order valence-corrected chi connectivity index (χ1v) is 6.76. The van der Waals surface area contributed by atoms with Crippen LogP contribution in [0.25, 0.3) is 0 Å². The summed E-state index contributed by atoms with van der Waals surface area (Å²) in [5.74, 6) is -0.374. The molecular weight excluding hydrogens is 266 g/mol. The summed E-state index contributed by atoms with van der Waals surface area (Å²) in [7, 11) is 0. The lowest BCUT2D eigenvalue weighted by Crippen LogP contribution is -2.05. The van der Waals surface area contributed by atoms with Gasteiger partial charge in [-0.2, -0.15) is 0 Å². The second kappa shape index (κ2) is 6.70. The third-order valence-electron chi connectivity index (χ3n) is 2.96. The van der Waals surface area contributed by atoms with Crippen molar-refractivity contribution in [2.75, 3.05) is 11.9 Å². The number of rotatable bonds is 5. The number of Topliss-reactive ketones (excluding diaryl/α,β-unsaturated/α-hetero) is 1. The van der Waals surface area contributed by atoms with Gasteiger partial charge < -0.3 is 10.1 Å². The molecule has 0 aliphatic rings. The number of para-hydroxylation sites is 1. The molecule has 0 atom stereocenters. The Morgan fingerprint density at radius 2 is 1.86 bits per heavy atom. The fraction of sp³-hybridized carbons (Fsp3) is 0.176. The van der Waals surface area contributed by atoms with Crippen molar-refractivity contribution in [3.63, 3.8) is 0 Å². The monoisotopic (exact) mass is 283 g/mol. The molecule has 0 bridgehead atoms. The molecule has 0 fully saturated rings. The Hall–Kier alpha value is -2.62. The van der Waals surface area contributed by atoms with Crippen LogP contribution < -0.4 is 5.32 Å². The molecule has 0 spiro atoms. The van der Waals surface area contributed by atoms with Crippen LogP contribution in [-0.2, 0) is 4.74 Å². The maximum absolute atomic E-state index is 11.7. The van der Waals surface area contributed by atoms with E-state index in [1.54, 1.807) is 31.2 Å². The molecule has 0 saturated carbocycles. The first-order chi connectivity index (χ1) is 10.1.